The van der Waals surface area contributed by atoms with Gasteiger partial charge in [-0.3, -0.25) is 9.59 Å². The molecular weight excluding hydrogens is 164 g/mol. The quantitative estimate of drug-likeness (QED) is 0.479. The van der Waals surface area contributed by atoms with Gasteiger partial charge in [-0.25, -0.2) is 0 Å². The third-order valence-corrected chi connectivity index (χ3v) is 2.40. The molecule has 0 bridgehead atoms. The van der Waals surface area contributed by atoms with Gasteiger partial charge in [0.05, 0.1) is 0 Å². The van der Waals surface area contributed by atoms with Crippen molar-refractivity contribution in [3.05, 3.63) is 23.3 Å². The van der Waals surface area contributed by atoms with E-state index in [-0.39, 0.29) is 11.7 Å². The first-order valence-corrected chi connectivity index (χ1v) is 4.45. The summed E-state index contributed by atoms with van der Waals surface area (Å²) in [6.07, 6.45) is 5.49. The van der Waals surface area contributed by atoms with Crippen molar-refractivity contribution in [1.82, 2.24) is 0 Å². The number of ketones is 1. The molecule has 0 aromatic carbocycles. The molecule has 70 valence electrons. The van der Waals surface area contributed by atoms with Crippen LogP contribution in [0.15, 0.2) is 23.3 Å². The Morgan fingerprint density at radius 3 is 2.77 bits per heavy atom. The molecule has 1 unspecified atom stereocenters. The zero-order valence-electron chi connectivity index (χ0n) is 8.04. The Balaban J connectivity index is 2.75. The lowest BCUT2D eigenvalue weighted by atomic mass is 9.84. The fourth-order valence-electron chi connectivity index (χ4n) is 1.66. The fourth-order valence-corrected chi connectivity index (χ4v) is 1.66. The van der Waals surface area contributed by atoms with E-state index in [0.29, 0.717) is 6.42 Å². The molecular formula is C11H14O2. The number of aldehydes is 1. The summed E-state index contributed by atoms with van der Waals surface area (Å²) >= 11 is 0. The number of allylic oxidation sites excluding steroid dienone is 4. The molecule has 0 aliphatic heterocycles. The van der Waals surface area contributed by atoms with Gasteiger partial charge in [0.25, 0.3) is 0 Å². The van der Waals surface area contributed by atoms with E-state index in [9.17, 15) is 9.59 Å². The lowest BCUT2D eigenvalue weighted by Crippen LogP contribution is -2.14. The maximum atomic E-state index is 11.2. The Morgan fingerprint density at radius 2 is 2.23 bits per heavy atom. The van der Waals surface area contributed by atoms with Crippen molar-refractivity contribution in [3.63, 3.8) is 0 Å². The van der Waals surface area contributed by atoms with Gasteiger partial charge in [0.15, 0.2) is 5.78 Å². The predicted octanol–water partition coefficient (Wildman–Crippen LogP) is 2.06. The number of hydrogen-bond donors (Lipinski definition) is 0. The van der Waals surface area contributed by atoms with Gasteiger partial charge in [0.1, 0.15) is 6.29 Å². The lowest BCUT2D eigenvalue weighted by Gasteiger charge is -2.20. The summed E-state index contributed by atoms with van der Waals surface area (Å²) < 4.78 is 0. The van der Waals surface area contributed by atoms with E-state index in [1.165, 1.54) is 0 Å². The highest BCUT2D eigenvalue weighted by atomic mass is 16.1. The van der Waals surface area contributed by atoms with E-state index in [1.54, 1.807) is 12.2 Å². The Hall–Kier alpha value is -1.18. The van der Waals surface area contributed by atoms with Crippen LogP contribution in [0.1, 0.15) is 26.7 Å². The SMILES string of the molecule is CC1=CC(=O)CC(/C(C)=C/C=O)C1. The smallest absolute Gasteiger partial charge is 0.156 e. The average molecular weight is 178 g/mol. The average Bonchev–Trinajstić information content (AvgIpc) is 2.03. The number of rotatable bonds is 2. The van der Waals surface area contributed by atoms with Crippen LogP contribution in [-0.4, -0.2) is 12.1 Å². The molecule has 0 radical (unpaired) electrons. The number of carbonyl (C=O) groups is 2. The summed E-state index contributed by atoms with van der Waals surface area (Å²) in [4.78, 5) is 21.4. The predicted molar refractivity (Wildman–Crippen MR) is 51.3 cm³/mol. The van der Waals surface area contributed by atoms with Crippen molar-refractivity contribution in [2.45, 2.75) is 26.7 Å². The van der Waals surface area contributed by atoms with Gasteiger partial charge in [-0.15, -0.1) is 0 Å². The van der Waals surface area contributed by atoms with Crippen molar-refractivity contribution in [1.29, 1.82) is 0 Å². The summed E-state index contributed by atoms with van der Waals surface area (Å²) in [6, 6.07) is 0. The molecule has 0 amide bonds. The second-order valence-electron chi connectivity index (χ2n) is 3.61. The van der Waals surface area contributed by atoms with Crippen molar-refractivity contribution < 1.29 is 9.59 Å². The summed E-state index contributed by atoms with van der Waals surface area (Å²) in [5.41, 5.74) is 2.12. The third-order valence-electron chi connectivity index (χ3n) is 2.40. The second-order valence-corrected chi connectivity index (χ2v) is 3.61. The van der Waals surface area contributed by atoms with E-state index in [0.717, 1.165) is 23.9 Å². The standard InChI is InChI=1S/C11H14O2/c1-8-5-10(7-11(13)6-8)9(2)3-4-12/h3-4,6,10H,5,7H2,1-2H3/b9-3+. The van der Waals surface area contributed by atoms with E-state index in [2.05, 4.69) is 0 Å². The van der Waals surface area contributed by atoms with Crippen molar-refractivity contribution in [2.24, 2.45) is 5.92 Å². The minimum absolute atomic E-state index is 0.174. The fraction of sp³-hybridized carbons (Fsp3) is 0.455. The van der Waals surface area contributed by atoms with Crippen molar-refractivity contribution in [2.75, 3.05) is 0 Å². The zero-order chi connectivity index (χ0) is 9.84. The van der Waals surface area contributed by atoms with Crippen molar-refractivity contribution >= 4 is 12.1 Å². The molecule has 0 saturated heterocycles. The minimum Gasteiger partial charge on any atom is -0.299 e. The van der Waals surface area contributed by atoms with Gasteiger partial charge in [0.2, 0.25) is 0 Å². The molecule has 0 heterocycles. The maximum absolute atomic E-state index is 11.2. The molecule has 13 heavy (non-hydrogen) atoms. The third kappa shape index (κ3) is 2.65. The normalized spacial score (nSPS) is 24.2. The molecule has 0 fully saturated rings. The van der Waals surface area contributed by atoms with Crippen LogP contribution < -0.4 is 0 Å². The van der Waals surface area contributed by atoms with Crippen LogP contribution in [0.3, 0.4) is 0 Å². The summed E-state index contributed by atoms with van der Waals surface area (Å²) in [6.45, 7) is 3.86. The molecule has 1 atom stereocenters. The van der Waals surface area contributed by atoms with Gasteiger partial charge in [-0.1, -0.05) is 11.1 Å². The molecule has 1 aliphatic rings. The van der Waals surface area contributed by atoms with Crippen LogP contribution in [0, 0.1) is 5.92 Å². The topological polar surface area (TPSA) is 34.1 Å². The highest BCUT2D eigenvalue weighted by molar-refractivity contribution is 5.91. The molecule has 0 aromatic heterocycles. The number of hydrogen-bond acceptors (Lipinski definition) is 2. The van der Waals surface area contributed by atoms with Gasteiger partial charge < -0.3 is 0 Å². The van der Waals surface area contributed by atoms with Crippen LogP contribution in [0.25, 0.3) is 0 Å². The summed E-state index contributed by atoms with van der Waals surface area (Å²) in [7, 11) is 0. The Labute approximate surface area is 78.3 Å². The summed E-state index contributed by atoms with van der Waals surface area (Å²) in [5, 5.41) is 0. The highest BCUT2D eigenvalue weighted by Crippen LogP contribution is 2.27. The lowest BCUT2D eigenvalue weighted by molar-refractivity contribution is -0.115. The van der Waals surface area contributed by atoms with Crippen molar-refractivity contribution in [3.8, 4) is 0 Å². The van der Waals surface area contributed by atoms with Crippen LogP contribution in [0.2, 0.25) is 0 Å². The number of carbonyl (C=O) groups excluding carboxylic acids is 2. The molecule has 0 N–H and O–H groups in total. The Kier molecular flexibility index (Phi) is 3.18. The molecule has 1 aliphatic carbocycles. The highest BCUT2D eigenvalue weighted by Gasteiger charge is 2.19. The van der Waals surface area contributed by atoms with E-state index >= 15 is 0 Å². The van der Waals surface area contributed by atoms with Gasteiger partial charge >= 0.3 is 0 Å². The van der Waals surface area contributed by atoms with E-state index < -0.39 is 0 Å². The largest absolute Gasteiger partial charge is 0.299 e. The first-order valence-electron chi connectivity index (χ1n) is 4.45. The summed E-state index contributed by atoms with van der Waals surface area (Å²) in [5.74, 6) is 0.412. The Bertz CT molecular complexity index is 284. The van der Waals surface area contributed by atoms with Crippen LogP contribution in [0.4, 0.5) is 0 Å². The molecule has 2 nitrogen and oxygen atoms in total. The molecule has 2 heteroatoms. The minimum atomic E-state index is 0.174. The molecule has 0 spiro atoms. The van der Waals surface area contributed by atoms with Gasteiger partial charge in [0, 0.05) is 6.42 Å². The first kappa shape index (κ1) is 9.90. The Morgan fingerprint density at radius 1 is 1.54 bits per heavy atom. The maximum Gasteiger partial charge on any atom is 0.156 e. The van der Waals surface area contributed by atoms with Crippen LogP contribution in [-0.2, 0) is 9.59 Å². The molecule has 1 rings (SSSR count). The molecule has 0 aromatic rings. The second kappa shape index (κ2) is 4.17. The molecule has 0 saturated carbocycles. The van der Waals surface area contributed by atoms with Crippen LogP contribution in [0.5, 0.6) is 0 Å². The van der Waals surface area contributed by atoms with E-state index in [4.69, 9.17) is 0 Å². The zero-order valence-corrected chi connectivity index (χ0v) is 8.04. The van der Waals surface area contributed by atoms with Gasteiger partial charge in [-0.05, 0) is 38.3 Å². The van der Waals surface area contributed by atoms with E-state index in [1.807, 2.05) is 13.8 Å². The van der Waals surface area contributed by atoms with Crippen LogP contribution >= 0.6 is 0 Å². The monoisotopic (exact) mass is 178 g/mol. The first-order chi connectivity index (χ1) is 6.13. The van der Waals surface area contributed by atoms with Gasteiger partial charge in [-0.2, -0.15) is 0 Å².